The topological polar surface area (TPSA) is 78.4 Å². The van der Waals surface area contributed by atoms with E-state index in [0.717, 1.165) is 11.1 Å². The molecule has 2 aromatic rings. The number of nitrogens with one attached hydrogen (secondary N) is 2. The van der Waals surface area contributed by atoms with Gasteiger partial charge < -0.3 is 15.7 Å². The van der Waals surface area contributed by atoms with Crippen molar-refractivity contribution >= 4 is 11.8 Å². The maximum Gasteiger partial charge on any atom is 0.251 e. The maximum atomic E-state index is 12.5. The molecule has 0 aliphatic heterocycles. The molecule has 5 heteroatoms. The van der Waals surface area contributed by atoms with Crippen LogP contribution in [0.4, 0.5) is 0 Å². The fourth-order valence-electron chi connectivity index (χ4n) is 3.09. The van der Waals surface area contributed by atoms with Gasteiger partial charge in [-0.2, -0.15) is 0 Å². The number of aliphatic hydroxyl groups is 1. The van der Waals surface area contributed by atoms with Gasteiger partial charge in [0, 0.05) is 23.6 Å². The summed E-state index contributed by atoms with van der Waals surface area (Å²) in [6.07, 6.45) is -0.0902. The lowest BCUT2D eigenvalue weighted by atomic mass is 10.1. The highest BCUT2D eigenvalue weighted by molar-refractivity contribution is 5.98. The van der Waals surface area contributed by atoms with E-state index in [-0.39, 0.29) is 17.9 Å². The van der Waals surface area contributed by atoms with Crippen molar-refractivity contribution in [2.45, 2.75) is 38.5 Å². The Kier molecular flexibility index (Phi) is 4.86. The van der Waals surface area contributed by atoms with E-state index in [1.807, 2.05) is 38.1 Å². The predicted octanol–water partition coefficient (Wildman–Crippen LogP) is 2.21. The fraction of sp³-hybridized carbons (Fsp3) is 0.300. The van der Waals surface area contributed by atoms with Crippen LogP contribution in [0.3, 0.4) is 0 Å². The molecule has 2 unspecified atom stereocenters. The van der Waals surface area contributed by atoms with E-state index in [2.05, 4.69) is 10.6 Å². The van der Waals surface area contributed by atoms with Crippen LogP contribution in [0.5, 0.6) is 0 Å². The molecule has 2 atom stereocenters. The Balaban J connectivity index is 1.71. The summed E-state index contributed by atoms with van der Waals surface area (Å²) in [5.41, 5.74) is 2.98. The predicted molar refractivity (Wildman–Crippen MR) is 95.4 cm³/mol. The molecule has 3 rings (SSSR count). The minimum Gasteiger partial charge on any atom is -0.390 e. The van der Waals surface area contributed by atoms with Crippen molar-refractivity contribution in [1.29, 1.82) is 0 Å². The van der Waals surface area contributed by atoms with Crippen LogP contribution in [-0.2, 0) is 6.42 Å². The van der Waals surface area contributed by atoms with E-state index in [1.54, 1.807) is 24.3 Å². The van der Waals surface area contributed by atoms with Crippen LogP contribution < -0.4 is 10.6 Å². The standard InChI is InChI=1S/C20H22N2O3/c1-12(2)21-19(24)13-7-9-14(10-8-13)20(25)22-18-16-6-4-3-5-15(16)11-17(18)23/h3-10,12,17-18,23H,11H2,1-2H3,(H,21,24)(H,22,25). The first-order chi connectivity index (χ1) is 12.0. The number of aliphatic hydroxyl groups excluding tert-OH is 1. The van der Waals surface area contributed by atoms with Crippen molar-refractivity contribution in [3.05, 3.63) is 70.8 Å². The average molecular weight is 338 g/mol. The van der Waals surface area contributed by atoms with E-state index in [4.69, 9.17) is 0 Å². The molecule has 0 heterocycles. The molecule has 2 aromatic carbocycles. The molecule has 5 nitrogen and oxygen atoms in total. The Morgan fingerprint density at radius 3 is 2.24 bits per heavy atom. The second-order valence-corrected chi connectivity index (χ2v) is 6.63. The second-order valence-electron chi connectivity index (χ2n) is 6.63. The zero-order chi connectivity index (χ0) is 18.0. The second kappa shape index (κ2) is 7.07. The molecule has 0 radical (unpaired) electrons. The van der Waals surface area contributed by atoms with Crippen molar-refractivity contribution < 1.29 is 14.7 Å². The normalized spacial score (nSPS) is 18.7. The first kappa shape index (κ1) is 17.2. The van der Waals surface area contributed by atoms with Crippen molar-refractivity contribution in [1.82, 2.24) is 10.6 Å². The smallest absolute Gasteiger partial charge is 0.251 e. The van der Waals surface area contributed by atoms with Crippen molar-refractivity contribution in [2.75, 3.05) is 0 Å². The Labute approximate surface area is 147 Å². The fourth-order valence-corrected chi connectivity index (χ4v) is 3.09. The van der Waals surface area contributed by atoms with Crippen LogP contribution in [0.2, 0.25) is 0 Å². The van der Waals surface area contributed by atoms with Gasteiger partial charge in [0.2, 0.25) is 0 Å². The van der Waals surface area contributed by atoms with Crippen molar-refractivity contribution in [3.8, 4) is 0 Å². The van der Waals surface area contributed by atoms with Crippen LogP contribution in [0.15, 0.2) is 48.5 Å². The zero-order valence-electron chi connectivity index (χ0n) is 14.3. The molecule has 0 aromatic heterocycles. The van der Waals surface area contributed by atoms with Gasteiger partial charge in [-0.15, -0.1) is 0 Å². The minimum absolute atomic E-state index is 0.0550. The van der Waals surface area contributed by atoms with Crippen molar-refractivity contribution in [2.24, 2.45) is 0 Å². The summed E-state index contributed by atoms with van der Waals surface area (Å²) < 4.78 is 0. The molecule has 0 spiro atoms. The lowest BCUT2D eigenvalue weighted by molar-refractivity contribution is 0.0857. The first-order valence-electron chi connectivity index (χ1n) is 8.43. The van der Waals surface area contributed by atoms with Gasteiger partial charge in [-0.25, -0.2) is 0 Å². The van der Waals surface area contributed by atoms with Crippen LogP contribution in [-0.4, -0.2) is 29.1 Å². The van der Waals surface area contributed by atoms with Gasteiger partial charge in [-0.05, 0) is 49.2 Å². The number of hydrogen-bond donors (Lipinski definition) is 3. The molecule has 1 aliphatic carbocycles. The number of carbonyl (C=O) groups excluding carboxylic acids is 2. The van der Waals surface area contributed by atoms with Crippen LogP contribution >= 0.6 is 0 Å². The molecule has 0 saturated heterocycles. The lowest BCUT2D eigenvalue weighted by Crippen LogP contribution is -2.34. The van der Waals surface area contributed by atoms with Gasteiger partial charge in [0.1, 0.15) is 0 Å². The van der Waals surface area contributed by atoms with E-state index >= 15 is 0 Å². The molecular formula is C20H22N2O3. The number of carbonyl (C=O) groups is 2. The number of fused-ring (bicyclic) bond motifs is 1. The Bertz CT molecular complexity index is 784. The SMILES string of the molecule is CC(C)NC(=O)c1ccc(C(=O)NC2c3ccccc3CC2O)cc1. The molecule has 130 valence electrons. The largest absolute Gasteiger partial charge is 0.390 e. The van der Waals surface area contributed by atoms with E-state index in [9.17, 15) is 14.7 Å². The molecule has 2 amide bonds. The van der Waals surface area contributed by atoms with Gasteiger partial charge in [-0.1, -0.05) is 24.3 Å². The van der Waals surface area contributed by atoms with Gasteiger partial charge in [0.15, 0.2) is 0 Å². The van der Waals surface area contributed by atoms with E-state index < -0.39 is 12.1 Å². The number of amides is 2. The summed E-state index contributed by atoms with van der Waals surface area (Å²) >= 11 is 0. The maximum absolute atomic E-state index is 12.5. The molecular weight excluding hydrogens is 316 g/mol. The van der Waals surface area contributed by atoms with Crippen molar-refractivity contribution in [3.63, 3.8) is 0 Å². The highest BCUT2D eigenvalue weighted by atomic mass is 16.3. The molecule has 1 aliphatic rings. The summed E-state index contributed by atoms with van der Waals surface area (Å²) in [4.78, 5) is 24.4. The number of benzene rings is 2. The molecule has 0 fully saturated rings. The summed E-state index contributed by atoms with van der Waals surface area (Å²) in [6, 6.07) is 13.9. The third kappa shape index (κ3) is 3.72. The van der Waals surface area contributed by atoms with Gasteiger partial charge in [-0.3, -0.25) is 9.59 Å². The van der Waals surface area contributed by atoms with Gasteiger partial charge >= 0.3 is 0 Å². The van der Waals surface area contributed by atoms with Crippen LogP contribution in [0.25, 0.3) is 0 Å². The molecule has 25 heavy (non-hydrogen) atoms. The monoisotopic (exact) mass is 338 g/mol. The van der Waals surface area contributed by atoms with E-state index in [0.29, 0.717) is 17.5 Å². The molecule has 0 saturated carbocycles. The zero-order valence-corrected chi connectivity index (χ0v) is 14.3. The van der Waals surface area contributed by atoms with Gasteiger partial charge in [0.05, 0.1) is 12.1 Å². The third-order valence-electron chi connectivity index (χ3n) is 4.32. The van der Waals surface area contributed by atoms with Crippen LogP contribution in [0.1, 0.15) is 51.7 Å². The summed E-state index contributed by atoms with van der Waals surface area (Å²) in [6.45, 7) is 3.79. The molecule has 3 N–H and O–H groups in total. The highest BCUT2D eigenvalue weighted by Gasteiger charge is 2.32. The summed E-state index contributed by atoms with van der Waals surface area (Å²) in [5, 5.41) is 15.9. The Hall–Kier alpha value is -2.66. The number of hydrogen-bond acceptors (Lipinski definition) is 3. The first-order valence-corrected chi connectivity index (χ1v) is 8.43. The van der Waals surface area contributed by atoms with Crippen LogP contribution in [0, 0.1) is 0 Å². The Morgan fingerprint density at radius 1 is 1.00 bits per heavy atom. The highest BCUT2D eigenvalue weighted by Crippen LogP contribution is 2.31. The lowest BCUT2D eigenvalue weighted by Gasteiger charge is -2.18. The van der Waals surface area contributed by atoms with E-state index in [1.165, 1.54) is 0 Å². The summed E-state index contributed by atoms with van der Waals surface area (Å²) in [7, 11) is 0. The quantitative estimate of drug-likeness (QED) is 0.800. The molecule has 0 bridgehead atoms. The number of rotatable bonds is 4. The average Bonchev–Trinajstić information content (AvgIpc) is 2.90. The summed E-state index contributed by atoms with van der Waals surface area (Å²) in [5.74, 6) is -0.432. The minimum atomic E-state index is -0.627. The Morgan fingerprint density at radius 2 is 1.60 bits per heavy atom. The third-order valence-corrected chi connectivity index (χ3v) is 4.32. The van der Waals surface area contributed by atoms with Gasteiger partial charge in [0.25, 0.3) is 11.8 Å².